The molecule has 0 unspecified atom stereocenters. The van der Waals surface area contributed by atoms with Crippen LogP contribution in [0.1, 0.15) is 12.5 Å². The van der Waals surface area contributed by atoms with Crippen LogP contribution in [0.3, 0.4) is 0 Å². The van der Waals surface area contributed by atoms with Crippen LogP contribution >= 0.6 is 11.6 Å². The van der Waals surface area contributed by atoms with Crippen LogP contribution < -0.4 is 14.8 Å². The summed E-state index contributed by atoms with van der Waals surface area (Å²) in [5.41, 5.74) is 0.852. The summed E-state index contributed by atoms with van der Waals surface area (Å²) in [6.07, 6.45) is 0. The number of carbonyl (C=O) groups excluding carboxylic acids is 2. The number of nitrogens with one attached hydrogen (secondary N) is 1. The second-order valence-electron chi connectivity index (χ2n) is 5.91. The quantitative estimate of drug-likeness (QED) is 0.752. The van der Waals surface area contributed by atoms with Crippen molar-refractivity contribution in [3.63, 3.8) is 0 Å². The molecule has 2 rings (SSSR count). The number of ether oxygens (including phenoxy) is 2. The number of benzene rings is 2. The maximum Gasteiger partial charge on any atom is 0.261 e. The molecule has 0 aromatic heterocycles. The molecule has 2 amide bonds. The van der Waals surface area contributed by atoms with Gasteiger partial charge >= 0.3 is 0 Å². The summed E-state index contributed by atoms with van der Waals surface area (Å²) < 4.78 is 10.8. The van der Waals surface area contributed by atoms with Gasteiger partial charge in [-0.15, -0.1) is 0 Å². The predicted molar refractivity (Wildman–Crippen MR) is 104 cm³/mol. The largest absolute Gasteiger partial charge is 0.497 e. The first-order valence-electron chi connectivity index (χ1n) is 8.47. The van der Waals surface area contributed by atoms with Gasteiger partial charge in [0.05, 0.1) is 7.11 Å². The highest BCUT2D eigenvalue weighted by atomic mass is 35.5. The van der Waals surface area contributed by atoms with Crippen molar-refractivity contribution in [1.29, 1.82) is 0 Å². The predicted octanol–water partition coefficient (Wildman–Crippen LogP) is 2.89. The first kappa shape index (κ1) is 20.6. The van der Waals surface area contributed by atoms with Crippen molar-refractivity contribution in [2.45, 2.75) is 19.5 Å². The summed E-state index contributed by atoms with van der Waals surface area (Å²) in [4.78, 5) is 26.3. The summed E-state index contributed by atoms with van der Waals surface area (Å²) in [6, 6.07) is 13.4. The third-order valence-electron chi connectivity index (χ3n) is 4.08. The Balaban J connectivity index is 2.13. The Bertz CT molecular complexity index is 780. The molecule has 2 aromatic carbocycles. The third kappa shape index (κ3) is 5.89. The molecule has 0 bridgehead atoms. The van der Waals surface area contributed by atoms with Crippen molar-refractivity contribution >= 4 is 23.4 Å². The minimum absolute atomic E-state index is 0.188. The van der Waals surface area contributed by atoms with Crippen LogP contribution in [-0.2, 0) is 16.1 Å². The highest BCUT2D eigenvalue weighted by Gasteiger charge is 2.26. The summed E-state index contributed by atoms with van der Waals surface area (Å²) in [5, 5.41) is 3.16. The van der Waals surface area contributed by atoms with E-state index in [1.165, 1.54) is 11.9 Å². The van der Waals surface area contributed by atoms with Crippen LogP contribution in [0.4, 0.5) is 0 Å². The molecule has 0 fully saturated rings. The number of rotatable bonds is 8. The molecule has 0 saturated heterocycles. The zero-order valence-corrected chi connectivity index (χ0v) is 16.3. The van der Waals surface area contributed by atoms with E-state index in [1.807, 2.05) is 24.3 Å². The lowest BCUT2D eigenvalue weighted by Gasteiger charge is -2.28. The molecule has 2 aromatic rings. The van der Waals surface area contributed by atoms with Crippen LogP contribution in [0.2, 0.25) is 5.02 Å². The second-order valence-corrected chi connectivity index (χ2v) is 6.34. The van der Waals surface area contributed by atoms with Gasteiger partial charge in [-0.1, -0.05) is 23.7 Å². The third-order valence-corrected chi connectivity index (χ3v) is 4.33. The lowest BCUT2D eigenvalue weighted by atomic mass is 10.1. The van der Waals surface area contributed by atoms with Gasteiger partial charge in [0.2, 0.25) is 5.91 Å². The molecular weight excluding hydrogens is 368 g/mol. The zero-order valence-electron chi connectivity index (χ0n) is 15.6. The lowest BCUT2D eigenvalue weighted by Crippen LogP contribution is -2.48. The van der Waals surface area contributed by atoms with Crippen LogP contribution in [0.25, 0.3) is 0 Å². The van der Waals surface area contributed by atoms with E-state index in [-0.39, 0.29) is 25.0 Å². The Morgan fingerprint density at radius 3 is 2.48 bits per heavy atom. The SMILES string of the molecule is CNC(=O)[C@H](C)N(Cc1cccc(OC)c1)C(=O)COc1ccc(Cl)cc1. The van der Waals surface area contributed by atoms with E-state index in [4.69, 9.17) is 21.1 Å². The fraction of sp³-hybridized carbons (Fsp3) is 0.300. The second kappa shape index (κ2) is 9.83. The first-order valence-corrected chi connectivity index (χ1v) is 8.84. The van der Waals surface area contributed by atoms with Gasteiger partial charge in [0, 0.05) is 18.6 Å². The standard InChI is InChI=1S/C20H23ClN2O4/c1-14(20(25)22-2)23(12-15-5-4-6-18(11-15)26-3)19(24)13-27-17-9-7-16(21)8-10-17/h4-11,14H,12-13H2,1-3H3,(H,22,25)/t14-/m0/s1. The molecule has 0 heterocycles. The van der Waals surface area contributed by atoms with Gasteiger partial charge in [-0.05, 0) is 48.9 Å². The Morgan fingerprint density at radius 2 is 1.85 bits per heavy atom. The minimum Gasteiger partial charge on any atom is -0.497 e. The molecule has 7 heteroatoms. The maximum absolute atomic E-state index is 12.8. The van der Waals surface area contributed by atoms with Crippen molar-refractivity contribution < 1.29 is 19.1 Å². The smallest absolute Gasteiger partial charge is 0.261 e. The molecule has 6 nitrogen and oxygen atoms in total. The Kier molecular flexibility index (Phi) is 7.49. The van der Waals surface area contributed by atoms with Crippen LogP contribution in [0.5, 0.6) is 11.5 Å². The van der Waals surface area contributed by atoms with Crippen LogP contribution in [0.15, 0.2) is 48.5 Å². The molecule has 1 atom stereocenters. The number of methoxy groups -OCH3 is 1. The molecule has 0 saturated carbocycles. The summed E-state index contributed by atoms with van der Waals surface area (Å²) in [5.74, 6) is 0.660. The molecule has 0 spiro atoms. The number of halogens is 1. The Hall–Kier alpha value is -2.73. The monoisotopic (exact) mass is 390 g/mol. The van der Waals surface area contributed by atoms with E-state index in [9.17, 15) is 9.59 Å². The number of carbonyl (C=O) groups is 2. The number of hydrogen-bond acceptors (Lipinski definition) is 4. The van der Waals surface area contributed by atoms with Gasteiger partial charge in [-0.3, -0.25) is 9.59 Å². The fourth-order valence-electron chi connectivity index (χ4n) is 2.52. The van der Waals surface area contributed by atoms with Gasteiger partial charge < -0.3 is 19.7 Å². The fourth-order valence-corrected chi connectivity index (χ4v) is 2.64. The van der Waals surface area contributed by atoms with Gasteiger partial charge in [-0.2, -0.15) is 0 Å². The van der Waals surface area contributed by atoms with E-state index in [0.29, 0.717) is 16.5 Å². The molecule has 0 aliphatic heterocycles. The van der Waals surface area contributed by atoms with Crippen LogP contribution in [0, 0.1) is 0 Å². The topological polar surface area (TPSA) is 67.9 Å². The van der Waals surface area contributed by atoms with Crippen LogP contribution in [-0.4, -0.2) is 43.5 Å². The summed E-state index contributed by atoms with van der Waals surface area (Å²) in [7, 11) is 3.12. The maximum atomic E-state index is 12.8. The summed E-state index contributed by atoms with van der Waals surface area (Å²) in [6.45, 7) is 1.75. The number of hydrogen-bond donors (Lipinski definition) is 1. The molecular formula is C20H23ClN2O4. The van der Waals surface area contributed by atoms with E-state index in [0.717, 1.165) is 5.56 Å². The van der Waals surface area contributed by atoms with E-state index in [2.05, 4.69) is 5.32 Å². The number of nitrogens with zero attached hydrogens (tertiary/aromatic N) is 1. The zero-order chi connectivity index (χ0) is 19.8. The highest BCUT2D eigenvalue weighted by molar-refractivity contribution is 6.30. The van der Waals surface area contributed by atoms with E-state index < -0.39 is 6.04 Å². The number of likely N-dealkylation sites (N-methyl/N-ethyl adjacent to an activating group) is 1. The molecule has 0 aliphatic carbocycles. The molecule has 1 N–H and O–H groups in total. The minimum atomic E-state index is -0.650. The molecule has 0 radical (unpaired) electrons. The first-order chi connectivity index (χ1) is 12.9. The summed E-state index contributed by atoms with van der Waals surface area (Å²) >= 11 is 5.85. The highest BCUT2D eigenvalue weighted by Crippen LogP contribution is 2.18. The molecule has 0 aliphatic rings. The van der Waals surface area contributed by atoms with Gasteiger partial charge in [0.25, 0.3) is 5.91 Å². The van der Waals surface area contributed by atoms with Gasteiger partial charge in [-0.25, -0.2) is 0 Å². The lowest BCUT2D eigenvalue weighted by molar-refractivity contribution is -0.142. The average molecular weight is 391 g/mol. The average Bonchev–Trinajstić information content (AvgIpc) is 2.70. The molecule has 144 valence electrons. The van der Waals surface area contributed by atoms with E-state index >= 15 is 0 Å². The molecule has 27 heavy (non-hydrogen) atoms. The number of amides is 2. The normalized spacial score (nSPS) is 11.4. The van der Waals surface area contributed by atoms with Crippen molar-refractivity contribution in [3.05, 3.63) is 59.1 Å². The Labute approximate surface area is 164 Å². The van der Waals surface area contributed by atoms with Crippen molar-refractivity contribution in [1.82, 2.24) is 10.2 Å². The van der Waals surface area contributed by atoms with Crippen molar-refractivity contribution in [2.75, 3.05) is 20.8 Å². The van der Waals surface area contributed by atoms with E-state index in [1.54, 1.807) is 38.3 Å². The van der Waals surface area contributed by atoms with Gasteiger partial charge in [0.1, 0.15) is 17.5 Å². The van der Waals surface area contributed by atoms with Crippen molar-refractivity contribution in [3.8, 4) is 11.5 Å². The Morgan fingerprint density at radius 1 is 1.15 bits per heavy atom. The van der Waals surface area contributed by atoms with Gasteiger partial charge in [0.15, 0.2) is 6.61 Å². The van der Waals surface area contributed by atoms with Crippen molar-refractivity contribution in [2.24, 2.45) is 0 Å².